The molecule has 4 fully saturated rings. The smallest absolute Gasteiger partial charge is 0.223 e. The Balaban J connectivity index is 1.27. The lowest BCUT2D eigenvalue weighted by Crippen LogP contribution is -2.68. The van der Waals surface area contributed by atoms with E-state index in [4.69, 9.17) is 62.8 Å². The molecule has 3 saturated heterocycles. The number of hydrogen-bond donors (Lipinski definition) is 13. The van der Waals surface area contributed by atoms with Crippen LogP contribution in [0.2, 0.25) is 0 Å². The molecule has 22 nitrogen and oxygen atoms in total. The van der Waals surface area contributed by atoms with Crippen LogP contribution >= 0.6 is 11.8 Å². The van der Waals surface area contributed by atoms with Crippen LogP contribution in [-0.2, 0) is 38.0 Å². The van der Waals surface area contributed by atoms with Crippen molar-refractivity contribution in [2.24, 2.45) is 34.4 Å². The first-order chi connectivity index (χ1) is 43.6. The zero-order valence-corrected chi connectivity index (χ0v) is 56.1. The Kier molecular flexibility index (Phi) is 42.8. The van der Waals surface area contributed by atoms with Gasteiger partial charge in [-0.2, -0.15) is 11.8 Å². The van der Waals surface area contributed by atoms with Gasteiger partial charge in [-0.15, -0.1) is 0 Å². The summed E-state index contributed by atoms with van der Waals surface area (Å²) in [6.45, 7) is 5.83. The van der Waals surface area contributed by atoms with Gasteiger partial charge in [0.1, 0.15) is 61.0 Å². The molecule has 1 aliphatic carbocycles. The molecule has 0 radical (unpaired) electrons. The van der Waals surface area contributed by atoms with Crippen molar-refractivity contribution in [3.05, 3.63) is 24.3 Å². The zero-order chi connectivity index (χ0) is 65.5. The minimum atomic E-state index is -1.59. The van der Waals surface area contributed by atoms with Crippen molar-refractivity contribution >= 4 is 23.6 Å². The maximum Gasteiger partial charge on any atom is 0.223 e. The summed E-state index contributed by atoms with van der Waals surface area (Å²) < 4.78 is 36.8. The van der Waals surface area contributed by atoms with E-state index in [-0.39, 0.29) is 56.5 Å². The van der Waals surface area contributed by atoms with Gasteiger partial charge in [-0.05, 0) is 70.6 Å². The Bertz CT molecular complexity index is 1860. The Morgan fingerprint density at radius 2 is 0.878 bits per heavy atom. The molecule has 0 bridgehead atoms. The highest BCUT2D eigenvalue weighted by molar-refractivity contribution is 7.99. The lowest BCUT2D eigenvalue weighted by Gasteiger charge is -2.47. The van der Waals surface area contributed by atoms with E-state index >= 15 is 0 Å². The van der Waals surface area contributed by atoms with Crippen molar-refractivity contribution in [3.63, 3.8) is 0 Å². The minimum absolute atomic E-state index is 0.000300. The third-order valence-corrected chi connectivity index (χ3v) is 19.4. The lowest BCUT2D eigenvalue weighted by atomic mass is 9.84. The summed E-state index contributed by atoms with van der Waals surface area (Å²) in [5.74, 6) is 0.329. The zero-order valence-electron chi connectivity index (χ0n) is 55.3. The average molecular weight is 1300 g/mol. The molecule has 23 heteroatoms. The minimum Gasteiger partial charge on any atom is -0.389 e. The number of allylic oxidation sites excluding steroid dienone is 4. The molecule has 19 N–H and O–H groups in total. The highest BCUT2D eigenvalue weighted by atomic mass is 32.2. The number of hydrogen-bond acceptors (Lipinski definition) is 21. The summed E-state index contributed by atoms with van der Waals surface area (Å²) in [5, 5.41) is 68.9. The van der Waals surface area contributed by atoms with Crippen LogP contribution in [-0.4, -0.2) is 208 Å². The predicted molar refractivity (Wildman–Crippen MR) is 356 cm³/mol. The summed E-state index contributed by atoms with van der Waals surface area (Å²) in [7, 11) is 0. The quantitative estimate of drug-likeness (QED) is 0.0267. The van der Waals surface area contributed by atoms with Gasteiger partial charge in [0, 0.05) is 69.2 Å². The molecule has 0 aromatic heterocycles. The number of nitrogens with zero attached hydrogens (tertiary/aromatic N) is 1. The predicted octanol–water partition coefficient (Wildman–Crippen LogP) is 5.43. The van der Waals surface area contributed by atoms with E-state index in [1.54, 1.807) is 0 Å². The first kappa shape index (κ1) is 80.5. The molecule has 1 saturated carbocycles. The normalized spacial score (nSPS) is 31.5. The van der Waals surface area contributed by atoms with Crippen LogP contribution < -0.4 is 39.7 Å². The second-order valence-electron chi connectivity index (χ2n) is 26.0. The number of ether oxygens (including phenoxy) is 6. The molecule has 3 heterocycles. The number of amides is 2. The van der Waals surface area contributed by atoms with Crippen molar-refractivity contribution in [3.8, 4) is 0 Å². The second-order valence-corrected chi connectivity index (χ2v) is 27.1. The Labute approximate surface area is 545 Å². The molecule has 0 unspecified atom stereocenters. The topological polar surface area (TPSA) is 382 Å². The van der Waals surface area contributed by atoms with E-state index in [2.05, 4.69) is 43.5 Å². The molecule has 4 rings (SSSR count). The van der Waals surface area contributed by atoms with Gasteiger partial charge in [-0.1, -0.05) is 167 Å². The van der Waals surface area contributed by atoms with Crippen molar-refractivity contribution in [2.75, 3.05) is 44.2 Å². The van der Waals surface area contributed by atoms with Crippen LogP contribution in [0.4, 0.5) is 0 Å². The van der Waals surface area contributed by atoms with Gasteiger partial charge in [0.25, 0.3) is 0 Å². The Morgan fingerprint density at radius 3 is 1.32 bits per heavy atom. The summed E-state index contributed by atoms with van der Waals surface area (Å²) >= 11 is 1.37. The van der Waals surface area contributed by atoms with E-state index in [9.17, 15) is 40.2 Å². The van der Waals surface area contributed by atoms with Crippen molar-refractivity contribution in [1.29, 1.82) is 0 Å². The molecule has 19 atom stereocenters. The largest absolute Gasteiger partial charge is 0.389 e. The average Bonchev–Trinajstić information content (AvgIpc) is 1.64. The monoisotopic (exact) mass is 1300 g/mol. The third kappa shape index (κ3) is 29.6. The van der Waals surface area contributed by atoms with Crippen LogP contribution in [0.15, 0.2) is 24.3 Å². The molecular weight excluding hydrogens is 1170 g/mol. The van der Waals surface area contributed by atoms with Gasteiger partial charge >= 0.3 is 0 Å². The van der Waals surface area contributed by atoms with E-state index < -0.39 is 116 Å². The van der Waals surface area contributed by atoms with Gasteiger partial charge in [0.15, 0.2) is 18.9 Å². The number of carbonyl (C=O) groups excluding carboxylic acids is 2. The second kappa shape index (κ2) is 47.9. The van der Waals surface area contributed by atoms with Gasteiger partial charge in [-0.25, -0.2) is 0 Å². The number of rotatable bonds is 50. The summed E-state index contributed by atoms with van der Waals surface area (Å²) in [4.78, 5) is 29.0. The maximum atomic E-state index is 13.8. The van der Waals surface area contributed by atoms with Crippen molar-refractivity contribution < 1.29 is 68.6 Å². The number of nitrogens with two attached hydrogens (primary N) is 6. The summed E-state index contributed by atoms with van der Waals surface area (Å²) in [5.41, 5.74) is 37.1. The molecule has 0 aromatic carbocycles. The van der Waals surface area contributed by atoms with E-state index in [1.807, 2.05) is 4.90 Å². The lowest BCUT2D eigenvalue weighted by molar-refractivity contribution is -0.306. The van der Waals surface area contributed by atoms with Crippen LogP contribution in [0.5, 0.6) is 0 Å². The van der Waals surface area contributed by atoms with Gasteiger partial charge in [0.05, 0.1) is 24.3 Å². The van der Waals surface area contributed by atoms with Crippen LogP contribution in [0.1, 0.15) is 226 Å². The van der Waals surface area contributed by atoms with E-state index in [1.165, 1.54) is 153 Å². The third-order valence-electron chi connectivity index (χ3n) is 18.3. The number of aliphatic hydroxyl groups excluding tert-OH is 6. The fourth-order valence-corrected chi connectivity index (χ4v) is 13.4. The molecule has 0 aromatic rings. The first-order valence-corrected chi connectivity index (χ1v) is 36.6. The summed E-state index contributed by atoms with van der Waals surface area (Å²) in [6, 6.07) is -4.29. The molecule has 526 valence electrons. The Morgan fingerprint density at radius 1 is 0.478 bits per heavy atom. The molecule has 90 heavy (non-hydrogen) atoms. The van der Waals surface area contributed by atoms with Gasteiger partial charge in [0.2, 0.25) is 11.8 Å². The standard InChI is InChI=1S/C67H128N8O14S/c1-3-5-7-9-11-13-15-17-19-21-23-25-27-29-31-33-35-40-75(41-36-34-32-30-28-26-24-22-20-18-16-14-12-10-8-6-4-2)53(77)38-37-52(76)74-39-42-90-46-51-63(88-66-55(73)60(82)58(80)50(45-69)85-66)61(83)67(86-51)89-64-56(78)47(70)43-48(71)62(64)87-65-54(72)59(81)57(79)49(44-68)84-65/h19-22,47-51,54-67,78-83H,3-18,23-46,68-73H2,1-2H3,(H,74,76)/b21-19+,22-20+/t47-,48+,49-,50+,51-,54-,55-,56+,57-,58-,59-,60-,61-,62-,63-,64-,65-,66-,67+/m1/s1. The van der Waals surface area contributed by atoms with Crippen LogP contribution in [0.25, 0.3) is 0 Å². The van der Waals surface area contributed by atoms with E-state index in [0.29, 0.717) is 18.8 Å². The SMILES string of the molecule is CCCCCCCCC/C=C/CCCCCCCCN(CCCCCCCC/C=C/CCCCCCCCC)C(=O)CCC(=O)NCCSC[C@H]1O[C@@H](O[C@@H]2[C@@H](O)[C@H](N)C[C@H](N)[C@H]2O[C@H]2O[C@H](CN)[C@@H](O)[C@H](O)[C@H]2N)[C@H](O)[C@@H]1O[C@H]1O[C@@H](CN)[C@@H](O)[C@H](O)[C@H]1N. The highest BCUT2D eigenvalue weighted by Gasteiger charge is 2.54. The maximum absolute atomic E-state index is 13.8. The number of carbonyl (C=O) groups is 2. The van der Waals surface area contributed by atoms with Gasteiger partial charge < -0.3 is 104 Å². The van der Waals surface area contributed by atoms with Crippen molar-refractivity contribution in [2.45, 2.75) is 342 Å². The highest BCUT2D eigenvalue weighted by Crippen LogP contribution is 2.36. The number of thioether (sulfide) groups is 1. The van der Waals surface area contributed by atoms with Gasteiger partial charge in [-0.3, -0.25) is 9.59 Å². The van der Waals surface area contributed by atoms with Crippen LogP contribution in [0.3, 0.4) is 0 Å². The number of nitrogens with one attached hydrogen (secondary N) is 1. The first-order valence-electron chi connectivity index (χ1n) is 35.4. The van der Waals surface area contributed by atoms with Crippen LogP contribution in [0, 0.1) is 0 Å². The van der Waals surface area contributed by atoms with Crippen molar-refractivity contribution in [1.82, 2.24) is 10.2 Å². The fraction of sp³-hybridized carbons (Fsp3) is 0.910. The number of unbranched alkanes of at least 4 members (excludes halogenated alkanes) is 26. The molecule has 4 aliphatic rings. The molecule has 2 amide bonds. The molecule has 0 spiro atoms. The molecule has 3 aliphatic heterocycles. The Hall–Kier alpha value is -1.95. The van der Waals surface area contributed by atoms with E-state index in [0.717, 1.165) is 51.4 Å². The number of aliphatic hydroxyl groups is 6. The summed E-state index contributed by atoms with van der Waals surface area (Å²) in [6.07, 6.45) is 26.9. The molecular formula is C67H128N8O14S. The fourth-order valence-electron chi connectivity index (χ4n) is 12.5.